The molecule has 0 spiro atoms. The second kappa shape index (κ2) is 6.30. The first-order valence-electron chi connectivity index (χ1n) is 4.98. The van der Waals surface area contributed by atoms with Gasteiger partial charge in [0.15, 0.2) is 5.75 Å². The Morgan fingerprint density at radius 3 is 2.58 bits per heavy atom. The van der Waals surface area contributed by atoms with Gasteiger partial charge in [-0.05, 0) is 12.1 Å². The number of carbonyl (C=O) groups is 1. The number of amides is 1. The van der Waals surface area contributed by atoms with Gasteiger partial charge in [0.1, 0.15) is 4.90 Å². The van der Waals surface area contributed by atoms with E-state index in [1.165, 1.54) is 12.1 Å². The van der Waals surface area contributed by atoms with Crippen molar-refractivity contribution in [3.63, 3.8) is 0 Å². The number of carbonyl (C=O) groups excluding carboxylic acids is 1. The summed E-state index contributed by atoms with van der Waals surface area (Å²) in [7, 11) is 1.28. The Labute approximate surface area is 128 Å². The monoisotopic (exact) mass is 389 g/mol. The summed E-state index contributed by atoms with van der Waals surface area (Å²) in [6.07, 6.45) is 0. The lowest BCUT2D eigenvalue weighted by Gasteiger charge is -2.14. The molecule has 0 fully saturated rings. The molecule has 1 unspecified atom stereocenters. The van der Waals surface area contributed by atoms with Crippen molar-refractivity contribution in [2.45, 2.75) is 11.8 Å². The lowest BCUT2D eigenvalue weighted by atomic mass is 10.2. The quantitative estimate of drug-likeness (QED) is 0.782. The Balaban J connectivity index is 3.16. The highest BCUT2D eigenvalue weighted by Crippen LogP contribution is 2.37. The van der Waals surface area contributed by atoms with Gasteiger partial charge in [-0.1, -0.05) is 34.5 Å². The molecule has 106 valence electrons. The second-order valence-corrected chi connectivity index (χ2v) is 7.62. The normalized spacial score (nSPS) is 13.1. The Morgan fingerprint density at radius 2 is 2.11 bits per heavy atom. The summed E-state index contributed by atoms with van der Waals surface area (Å²) < 4.78 is 28.6. The lowest BCUT2D eigenvalue weighted by Crippen LogP contribution is -2.26. The Bertz CT molecular complexity index is 606. The van der Waals surface area contributed by atoms with E-state index in [1.807, 2.05) is 0 Å². The molecule has 2 N–H and O–H groups in total. The summed E-state index contributed by atoms with van der Waals surface area (Å²) in [5.74, 6) is -1.26. The third-order valence-electron chi connectivity index (χ3n) is 2.20. The second-order valence-electron chi connectivity index (χ2n) is 3.77. The molecule has 0 saturated heterocycles. The average Bonchev–Trinajstić information content (AvgIpc) is 2.25. The van der Waals surface area contributed by atoms with Gasteiger partial charge in [0, 0.05) is 15.2 Å². The van der Waals surface area contributed by atoms with Gasteiger partial charge in [0.2, 0.25) is 5.91 Å². The van der Waals surface area contributed by atoms with Gasteiger partial charge in [-0.2, -0.15) is 0 Å². The maximum absolute atomic E-state index is 11.5. The van der Waals surface area contributed by atoms with Crippen LogP contribution < -0.4 is 10.5 Å². The molecule has 1 aromatic carbocycles. The smallest absolute Gasteiger partial charge is 0.265 e. The molecule has 0 bridgehead atoms. The maximum atomic E-state index is 11.5. The predicted octanol–water partition coefficient (Wildman–Crippen LogP) is 2.53. The number of hydrogen-bond donors (Lipinski definition) is 1. The fraction of sp³-hybridized carbons (Fsp3) is 0.300. The minimum atomic E-state index is -4.03. The number of nitrogens with two attached hydrogens (primary N) is 1. The standard InChI is InChI=1S/C10H10BrCl2NO4S/c1-5(10(14)15)4-18-9-7(12)2-6(11)3-8(9)19(13,16)17/h2-3,5H,4H2,1H3,(H2,14,15). The van der Waals surface area contributed by atoms with Gasteiger partial charge in [-0.15, -0.1) is 0 Å². The molecule has 0 aliphatic heterocycles. The van der Waals surface area contributed by atoms with E-state index in [4.69, 9.17) is 32.8 Å². The zero-order chi connectivity index (χ0) is 14.8. The SMILES string of the molecule is CC(COc1c(Cl)cc(Br)cc1S(=O)(=O)Cl)C(N)=O. The van der Waals surface area contributed by atoms with Crippen molar-refractivity contribution in [2.24, 2.45) is 11.7 Å². The summed E-state index contributed by atoms with van der Waals surface area (Å²) in [4.78, 5) is 10.6. The van der Waals surface area contributed by atoms with Crippen LogP contribution >= 0.6 is 38.2 Å². The van der Waals surface area contributed by atoms with Crippen molar-refractivity contribution in [3.05, 3.63) is 21.6 Å². The third-order valence-corrected chi connectivity index (χ3v) is 4.27. The summed E-state index contributed by atoms with van der Waals surface area (Å²) >= 11 is 9.02. The van der Waals surface area contributed by atoms with Gasteiger partial charge in [0.25, 0.3) is 9.05 Å². The van der Waals surface area contributed by atoms with E-state index in [-0.39, 0.29) is 22.3 Å². The van der Waals surface area contributed by atoms with Crippen LogP contribution in [0.2, 0.25) is 5.02 Å². The van der Waals surface area contributed by atoms with Gasteiger partial charge in [0.05, 0.1) is 17.5 Å². The minimum Gasteiger partial charge on any atom is -0.490 e. The summed E-state index contributed by atoms with van der Waals surface area (Å²) in [5.41, 5.74) is 5.08. The van der Waals surface area contributed by atoms with Crippen LogP contribution in [0.25, 0.3) is 0 Å². The van der Waals surface area contributed by atoms with Crippen molar-refractivity contribution in [3.8, 4) is 5.75 Å². The van der Waals surface area contributed by atoms with Crippen LogP contribution in [0, 0.1) is 5.92 Å². The molecule has 1 amide bonds. The molecule has 9 heteroatoms. The van der Waals surface area contributed by atoms with Crippen molar-refractivity contribution in [1.29, 1.82) is 0 Å². The molecule has 1 aromatic rings. The van der Waals surface area contributed by atoms with E-state index < -0.39 is 20.9 Å². The van der Waals surface area contributed by atoms with Crippen molar-refractivity contribution in [2.75, 3.05) is 6.61 Å². The van der Waals surface area contributed by atoms with E-state index in [0.717, 1.165) is 0 Å². The molecule has 19 heavy (non-hydrogen) atoms. The van der Waals surface area contributed by atoms with E-state index in [0.29, 0.717) is 4.47 Å². The molecule has 0 radical (unpaired) electrons. The topological polar surface area (TPSA) is 86.5 Å². The van der Waals surface area contributed by atoms with Crippen LogP contribution in [0.15, 0.2) is 21.5 Å². The molecule has 5 nitrogen and oxygen atoms in total. The van der Waals surface area contributed by atoms with Crippen LogP contribution in [-0.4, -0.2) is 20.9 Å². The number of benzene rings is 1. The molecule has 0 aliphatic rings. The van der Waals surface area contributed by atoms with Crippen LogP contribution in [0.3, 0.4) is 0 Å². The largest absolute Gasteiger partial charge is 0.490 e. The van der Waals surface area contributed by atoms with Gasteiger partial charge in [-0.25, -0.2) is 8.42 Å². The van der Waals surface area contributed by atoms with Gasteiger partial charge in [-0.3, -0.25) is 4.79 Å². The average molecular weight is 391 g/mol. The highest BCUT2D eigenvalue weighted by Gasteiger charge is 2.22. The lowest BCUT2D eigenvalue weighted by molar-refractivity contribution is -0.122. The van der Waals surface area contributed by atoms with Gasteiger partial charge < -0.3 is 10.5 Å². The summed E-state index contributed by atoms with van der Waals surface area (Å²) in [6, 6.07) is 2.72. The fourth-order valence-corrected chi connectivity index (χ4v) is 3.22. The van der Waals surface area contributed by atoms with E-state index in [9.17, 15) is 13.2 Å². The third kappa shape index (κ3) is 4.52. The zero-order valence-electron chi connectivity index (χ0n) is 9.69. The molecule has 0 heterocycles. The van der Waals surface area contributed by atoms with Gasteiger partial charge >= 0.3 is 0 Å². The Morgan fingerprint density at radius 1 is 1.53 bits per heavy atom. The molecular formula is C10H10BrCl2NO4S. The molecule has 0 aliphatic carbocycles. The van der Waals surface area contributed by atoms with E-state index >= 15 is 0 Å². The molecule has 0 saturated carbocycles. The molecule has 1 rings (SSSR count). The Kier molecular flexibility index (Phi) is 5.49. The maximum Gasteiger partial charge on any atom is 0.265 e. The summed E-state index contributed by atoms with van der Waals surface area (Å²) in [6.45, 7) is 1.44. The number of primary amides is 1. The van der Waals surface area contributed by atoms with Crippen LogP contribution in [0.4, 0.5) is 0 Å². The van der Waals surface area contributed by atoms with Crippen molar-refractivity contribution >= 4 is 53.2 Å². The number of hydrogen-bond acceptors (Lipinski definition) is 4. The first-order chi connectivity index (χ1) is 8.62. The number of ether oxygens (including phenoxy) is 1. The molecular weight excluding hydrogens is 381 g/mol. The highest BCUT2D eigenvalue weighted by atomic mass is 79.9. The fourth-order valence-electron chi connectivity index (χ4n) is 1.15. The van der Waals surface area contributed by atoms with Crippen LogP contribution in [0.5, 0.6) is 5.75 Å². The molecule has 1 atom stereocenters. The van der Waals surface area contributed by atoms with Crippen LogP contribution in [-0.2, 0) is 13.8 Å². The highest BCUT2D eigenvalue weighted by molar-refractivity contribution is 9.10. The minimum absolute atomic E-state index is 0.0604. The number of halogens is 3. The predicted molar refractivity (Wildman–Crippen MR) is 76.0 cm³/mol. The number of rotatable bonds is 5. The molecule has 0 aromatic heterocycles. The van der Waals surface area contributed by atoms with Crippen molar-refractivity contribution < 1.29 is 17.9 Å². The summed E-state index contributed by atoms with van der Waals surface area (Å²) in [5, 5.41) is 0.0604. The van der Waals surface area contributed by atoms with Crippen molar-refractivity contribution in [1.82, 2.24) is 0 Å². The van der Waals surface area contributed by atoms with E-state index in [1.54, 1.807) is 6.92 Å². The Hall–Kier alpha value is -0.500. The first kappa shape index (κ1) is 16.6. The van der Waals surface area contributed by atoms with E-state index in [2.05, 4.69) is 15.9 Å². The van der Waals surface area contributed by atoms with Crippen LogP contribution in [0.1, 0.15) is 6.92 Å². The zero-order valence-corrected chi connectivity index (χ0v) is 13.6. The first-order valence-corrected chi connectivity index (χ1v) is 8.46.